The molecule has 0 atom stereocenters. The van der Waals surface area contributed by atoms with E-state index in [0.29, 0.717) is 5.16 Å². The van der Waals surface area contributed by atoms with Gasteiger partial charge in [-0.05, 0) is 55.0 Å². The summed E-state index contributed by atoms with van der Waals surface area (Å²) in [6.07, 6.45) is 2.28. The Morgan fingerprint density at radius 2 is 1.33 bits per heavy atom. The molecule has 0 saturated carbocycles. The van der Waals surface area contributed by atoms with Crippen LogP contribution in [0.3, 0.4) is 0 Å². The summed E-state index contributed by atoms with van der Waals surface area (Å²) in [5.74, 6) is 2.60. The lowest BCUT2D eigenvalue weighted by atomic mass is 10.0. The van der Waals surface area contributed by atoms with Crippen molar-refractivity contribution in [1.82, 2.24) is 15.2 Å². The first kappa shape index (κ1) is 19.2. The van der Waals surface area contributed by atoms with Crippen molar-refractivity contribution in [1.29, 1.82) is 0 Å². The first-order chi connectivity index (χ1) is 13.2. The molecule has 2 aromatic carbocycles. The Labute approximate surface area is 164 Å². The molecular weight excluding hydrogens is 358 g/mol. The van der Waals surface area contributed by atoms with Gasteiger partial charge in [-0.3, -0.25) is 0 Å². The van der Waals surface area contributed by atoms with Crippen LogP contribution in [0, 0.1) is 0 Å². The lowest BCUT2D eigenvalue weighted by molar-refractivity contribution is 0.414. The van der Waals surface area contributed by atoms with Gasteiger partial charge in [0.25, 0.3) is 0 Å². The maximum Gasteiger partial charge on any atom is 0.209 e. The van der Waals surface area contributed by atoms with Crippen molar-refractivity contribution >= 4 is 11.8 Å². The summed E-state index contributed by atoms with van der Waals surface area (Å²) in [6.45, 7) is 2.18. The van der Waals surface area contributed by atoms with Crippen LogP contribution in [-0.4, -0.2) is 35.2 Å². The summed E-state index contributed by atoms with van der Waals surface area (Å²) in [5, 5.41) is 9.53. The maximum atomic E-state index is 5.27. The molecule has 3 aromatic rings. The monoisotopic (exact) mass is 381 g/mol. The number of unbranched alkanes of at least 4 members (excludes halogenated alkanes) is 1. The number of thioether (sulfide) groups is 1. The lowest BCUT2D eigenvalue weighted by Gasteiger charge is -2.10. The van der Waals surface area contributed by atoms with Crippen molar-refractivity contribution in [3.63, 3.8) is 0 Å². The van der Waals surface area contributed by atoms with Gasteiger partial charge in [0.15, 0.2) is 0 Å². The van der Waals surface area contributed by atoms with Crippen molar-refractivity contribution < 1.29 is 9.47 Å². The second kappa shape index (κ2) is 9.37. The number of hydrogen-bond acceptors (Lipinski definition) is 6. The molecule has 0 saturated heterocycles. The van der Waals surface area contributed by atoms with Crippen LogP contribution in [-0.2, 0) is 0 Å². The summed E-state index contributed by atoms with van der Waals surface area (Å²) in [6, 6.07) is 15.6. The summed E-state index contributed by atoms with van der Waals surface area (Å²) < 4.78 is 10.5. The van der Waals surface area contributed by atoms with Crippen molar-refractivity contribution in [3.05, 3.63) is 48.5 Å². The second-order valence-electron chi connectivity index (χ2n) is 5.95. The molecule has 0 unspecified atom stereocenters. The fraction of sp³-hybridized carbons (Fsp3) is 0.286. The minimum Gasteiger partial charge on any atom is -0.497 e. The molecule has 0 radical (unpaired) electrons. The fourth-order valence-corrected chi connectivity index (χ4v) is 3.44. The maximum absolute atomic E-state index is 5.27. The summed E-state index contributed by atoms with van der Waals surface area (Å²) in [5.41, 5.74) is 3.50. The van der Waals surface area contributed by atoms with E-state index in [1.165, 1.54) is 0 Å². The molecule has 1 heterocycles. The fourth-order valence-electron chi connectivity index (χ4n) is 2.57. The van der Waals surface area contributed by atoms with Crippen LogP contribution < -0.4 is 9.47 Å². The number of aromatic nitrogens is 3. The second-order valence-corrected chi connectivity index (χ2v) is 7.01. The largest absolute Gasteiger partial charge is 0.497 e. The highest BCUT2D eigenvalue weighted by Gasteiger charge is 2.14. The van der Waals surface area contributed by atoms with Gasteiger partial charge in [-0.25, -0.2) is 4.98 Å². The Hall–Kier alpha value is -2.60. The highest BCUT2D eigenvalue weighted by molar-refractivity contribution is 7.99. The summed E-state index contributed by atoms with van der Waals surface area (Å²) >= 11 is 1.64. The molecule has 140 valence electrons. The first-order valence-corrected chi connectivity index (χ1v) is 9.90. The normalized spacial score (nSPS) is 10.6. The molecule has 0 aliphatic heterocycles. The van der Waals surface area contributed by atoms with E-state index >= 15 is 0 Å². The molecule has 27 heavy (non-hydrogen) atoms. The molecular formula is C21H23N3O2S. The standard InChI is InChI=1S/C21H23N3O2S/c1-4-5-14-27-21-22-19(15-6-10-17(25-2)11-7-15)20(23-24-21)16-8-12-18(26-3)13-9-16/h6-13H,4-5,14H2,1-3H3. The third-order valence-corrected chi connectivity index (χ3v) is 5.05. The highest BCUT2D eigenvalue weighted by atomic mass is 32.2. The van der Waals surface area contributed by atoms with E-state index in [1.807, 2.05) is 48.5 Å². The first-order valence-electron chi connectivity index (χ1n) is 8.91. The number of ether oxygens (including phenoxy) is 2. The zero-order chi connectivity index (χ0) is 19.1. The quantitative estimate of drug-likeness (QED) is 0.399. The zero-order valence-corrected chi connectivity index (χ0v) is 16.6. The minimum absolute atomic E-state index is 0.700. The lowest BCUT2D eigenvalue weighted by Crippen LogP contribution is -2.00. The number of benzene rings is 2. The molecule has 0 bridgehead atoms. The topological polar surface area (TPSA) is 57.1 Å². The van der Waals surface area contributed by atoms with Crippen LogP contribution in [0.2, 0.25) is 0 Å². The van der Waals surface area contributed by atoms with Crippen LogP contribution >= 0.6 is 11.8 Å². The molecule has 0 amide bonds. The van der Waals surface area contributed by atoms with E-state index in [-0.39, 0.29) is 0 Å². The number of rotatable bonds is 8. The Bertz CT molecular complexity index is 868. The van der Waals surface area contributed by atoms with Crippen molar-refractivity contribution in [2.75, 3.05) is 20.0 Å². The number of hydrogen-bond donors (Lipinski definition) is 0. The van der Waals surface area contributed by atoms with Gasteiger partial charge < -0.3 is 9.47 Å². The van der Waals surface area contributed by atoms with Gasteiger partial charge >= 0.3 is 0 Å². The van der Waals surface area contributed by atoms with Gasteiger partial charge in [-0.1, -0.05) is 25.1 Å². The van der Waals surface area contributed by atoms with E-state index in [4.69, 9.17) is 14.5 Å². The predicted octanol–water partition coefficient (Wildman–Crippen LogP) is 5.12. The van der Waals surface area contributed by atoms with E-state index < -0.39 is 0 Å². The molecule has 3 rings (SSSR count). The van der Waals surface area contributed by atoms with Gasteiger partial charge in [0.1, 0.15) is 22.9 Å². The molecule has 5 nitrogen and oxygen atoms in total. The third kappa shape index (κ3) is 4.77. The van der Waals surface area contributed by atoms with Gasteiger partial charge in [0.05, 0.1) is 14.2 Å². The smallest absolute Gasteiger partial charge is 0.209 e. The van der Waals surface area contributed by atoms with Crippen molar-refractivity contribution in [2.24, 2.45) is 0 Å². The Kier molecular flexibility index (Phi) is 6.65. The zero-order valence-electron chi connectivity index (χ0n) is 15.8. The number of nitrogens with zero attached hydrogens (tertiary/aromatic N) is 3. The average Bonchev–Trinajstić information content (AvgIpc) is 2.74. The van der Waals surface area contributed by atoms with Crippen LogP contribution in [0.25, 0.3) is 22.5 Å². The molecule has 6 heteroatoms. The van der Waals surface area contributed by atoms with Crippen molar-refractivity contribution in [3.8, 4) is 34.0 Å². The van der Waals surface area contributed by atoms with Gasteiger partial charge in [0.2, 0.25) is 5.16 Å². The highest BCUT2D eigenvalue weighted by Crippen LogP contribution is 2.31. The SMILES string of the molecule is CCCCSc1nnc(-c2ccc(OC)cc2)c(-c2ccc(OC)cc2)n1. The third-order valence-electron chi connectivity index (χ3n) is 4.12. The van der Waals surface area contributed by atoms with Crippen LogP contribution in [0.5, 0.6) is 11.5 Å². The average molecular weight is 382 g/mol. The summed E-state index contributed by atoms with van der Waals surface area (Å²) in [4.78, 5) is 4.81. The molecule has 0 aliphatic carbocycles. The van der Waals surface area contributed by atoms with Crippen molar-refractivity contribution in [2.45, 2.75) is 24.9 Å². The summed E-state index contributed by atoms with van der Waals surface area (Å²) in [7, 11) is 3.31. The molecule has 0 spiro atoms. The Morgan fingerprint density at radius 3 is 1.85 bits per heavy atom. The van der Waals surface area contributed by atoms with Gasteiger partial charge in [-0.2, -0.15) is 0 Å². The van der Waals surface area contributed by atoms with Gasteiger partial charge in [0, 0.05) is 16.9 Å². The van der Waals surface area contributed by atoms with E-state index in [9.17, 15) is 0 Å². The Morgan fingerprint density at radius 1 is 0.778 bits per heavy atom. The minimum atomic E-state index is 0.700. The van der Waals surface area contributed by atoms with E-state index in [1.54, 1.807) is 26.0 Å². The number of methoxy groups -OCH3 is 2. The van der Waals surface area contributed by atoms with E-state index in [0.717, 1.165) is 52.6 Å². The predicted molar refractivity (Wildman–Crippen MR) is 109 cm³/mol. The molecule has 0 N–H and O–H groups in total. The van der Waals surface area contributed by atoms with Crippen LogP contribution in [0.4, 0.5) is 0 Å². The Balaban J connectivity index is 2.01. The molecule has 0 aliphatic rings. The van der Waals surface area contributed by atoms with E-state index in [2.05, 4.69) is 17.1 Å². The molecule has 0 fully saturated rings. The van der Waals surface area contributed by atoms with Crippen LogP contribution in [0.1, 0.15) is 19.8 Å². The molecule has 1 aromatic heterocycles. The van der Waals surface area contributed by atoms with Gasteiger partial charge in [-0.15, -0.1) is 10.2 Å². The van der Waals surface area contributed by atoms with Crippen LogP contribution in [0.15, 0.2) is 53.7 Å².